The number of esters is 1. The van der Waals surface area contributed by atoms with E-state index in [4.69, 9.17) is 28.4 Å². The summed E-state index contributed by atoms with van der Waals surface area (Å²) in [4.78, 5) is 16.2. The van der Waals surface area contributed by atoms with Gasteiger partial charge in [-0.05, 0) is 80.7 Å². The minimum absolute atomic E-state index is 0.0516. The molecular formula is C39H73NO12. The van der Waals surface area contributed by atoms with Crippen LogP contribution >= 0.6 is 0 Å². The van der Waals surface area contributed by atoms with Gasteiger partial charge in [-0.3, -0.25) is 9.69 Å². The van der Waals surface area contributed by atoms with E-state index in [-0.39, 0.29) is 31.0 Å². The maximum atomic E-state index is 14.1. The Morgan fingerprint density at radius 2 is 1.50 bits per heavy atom. The first-order chi connectivity index (χ1) is 24.0. The highest BCUT2D eigenvalue weighted by molar-refractivity contribution is 5.73. The van der Waals surface area contributed by atoms with Crippen molar-refractivity contribution in [3.63, 3.8) is 0 Å². The number of hydrogen-bond acceptors (Lipinski definition) is 13. The van der Waals surface area contributed by atoms with Gasteiger partial charge in [0.15, 0.2) is 12.6 Å². The van der Waals surface area contributed by atoms with E-state index in [1.807, 2.05) is 55.5 Å². The van der Waals surface area contributed by atoms with E-state index in [2.05, 4.69) is 4.90 Å². The van der Waals surface area contributed by atoms with Crippen molar-refractivity contribution in [2.24, 2.45) is 29.6 Å². The number of cyclic esters (lactones) is 1. The molecule has 0 aromatic rings. The van der Waals surface area contributed by atoms with Crippen LogP contribution in [0.5, 0.6) is 0 Å². The monoisotopic (exact) mass is 748 g/mol. The predicted molar refractivity (Wildman–Crippen MR) is 195 cm³/mol. The number of methoxy groups -OCH3 is 1. The zero-order valence-electron chi connectivity index (χ0n) is 34.3. The number of carbonyl (C=O) groups excluding carboxylic acids is 1. The third-order valence-electron chi connectivity index (χ3n) is 12.7. The fraction of sp³-hybridized carbons (Fsp3) is 0.974. The first kappa shape index (κ1) is 45.4. The highest BCUT2D eigenvalue weighted by atomic mass is 16.7. The normalized spacial score (nSPS) is 49.1. The molecule has 306 valence electrons. The summed E-state index contributed by atoms with van der Waals surface area (Å²) in [5, 5.41) is 58.1. The molecule has 3 aliphatic heterocycles. The lowest BCUT2D eigenvalue weighted by Crippen LogP contribution is -2.61. The second-order valence-corrected chi connectivity index (χ2v) is 17.2. The molecule has 5 N–H and O–H groups in total. The van der Waals surface area contributed by atoms with Gasteiger partial charge in [0, 0.05) is 43.4 Å². The first-order valence-corrected chi connectivity index (χ1v) is 19.5. The maximum Gasteiger partial charge on any atom is 0.311 e. The first-order valence-electron chi connectivity index (χ1n) is 19.5. The van der Waals surface area contributed by atoms with Gasteiger partial charge in [0.1, 0.15) is 18.3 Å². The maximum absolute atomic E-state index is 14.1. The number of hydrogen-bond donors (Lipinski definition) is 5. The van der Waals surface area contributed by atoms with Crippen molar-refractivity contribution in [2.45, 2.75) is 200 Å². The minimum Gasteiger partial charge on any atom is -0.462 e. The van der Waals surface area contributed by atoms with Crippen LogP contribution in [0, 0.1) is 29.6 Å². The number of aliphatic hydroxyl groups excluding tert-OH is 4. The average molecular weight is 748 g/mol. The van der Waals surface area contributed by atoms with Crippen LogP contribution in [0.1, 0.15) is 109 Å². The lowest BCUT2D eigenvalue weighted by atomic mass is 9.74. The molecule has 0 radical (unpaired) electrons. The predicted octanol–water partition coefficient (Wildman–Crippen LogP) is 3.24. The fourth-order valence-corrected chi connectivity index (χ4v) is 8.81. The number of aliphatic hydroxyl groups is 5. The van der Waals surface area contributed by atoms with E-state index >= 15 is 0 Å². The van der Waals surface area contributed by atoms with Crippen LogP contribution in [0.15, 0.2) is 0 Å². The van der Waals surface area contributed by atoms with E-state index in [1.54, 1.807) is 34.6 Å². The molecule has 52 heavy (non-hydrogen) atoms. The molecule has 3 fully saturated rings. The Balaban J connectivity index is 2.16. The molecule has 0 spiro atoms. The highest BCUT2D eigenvalue weighted by Crippen LogP contribution is 2.41. The molecule has 13 heteroatoms. The second-order valence-electron chi connectivity index (χ2n) is 17.2. The van der Waals surface area contributed by atoms with Gasteiger partial charge >= 0.3 is 5.97 Å². The van der Waals surface area contributed by atoms with Crippen LogP contribution in [-0.4, -0.2) is 141 Å². The van der Waals surface area contributed by atoms with Crippen molar-refractivity contribution >= 4 is 5.97 Å². The molecule has 0 aliphatic carbocycles. The number of ether oxygens (including phenoxy) is 6. The van der Waals surface area contributed by atoms with E-state index in [9.17, 15) is 30.3 Å². The second kappa shape index (κ2) is 18.3. The van der Waals surface area contributed by atoms with E-state index in [0.717, 1.165) is 0 Å². The summed E-state index contributed by atoms with van der Waals surface area (Å²) in [5.41, 5.74) is -2.67. The van der Waals surface area contributed by atoms with Gasteiger partial charge in [0.25, 0.3) is 0 Å². The smallest absolute Gasteiger partial charge is 0.311 e. The van der Waals surface area contributed by atoms with Crippen LogP contribution < -0.4 is 0 Å². The molecule has 0 aromatic carbocycles. The molecule has 3 saturated heterocycles. The van der Waals surface area contributed by atoms with Crippen molar-refractivity contribution in [3.8, 4) is 0 Å². The van der Waals surface area contributed by atoms with Crippen LogP contribution in [0.4, 0.5) is 0 Å². The lowest BCUT2D eigenvalue weighted by Gasteiger charge is -2.49. The summed E-state index contributed by atoms with van der Waals surface area (Å²) in [7, 11) is 3.46. The van der Waals surface area contributed by atoms with Gasteiger partial charge in [0.2, 0.25) is 0 Å². The van der Waals surface area contributed by atoms with Gasteiger partial charge in [-0.15, -0.1) is 0 Å². The van der Waals surface area contributed by atoms with Crippen LogP contribution in [-0.2, 0) is 33.2 Å². The quantitative estimate of drug-likeness (QED) is 0.229. The Kier molecular flexibility index (Phi) is 16.0. The van der Waals surface area contributed by atoms with Gasteiger partial charge in [-0.1, -0.05) is 34.6 Å². The van der Waals surface area contributed by atoms with Crippen molar-refractivity contribution < 1.29 is 58.7 Å². The number of carbonyl (C=O) groups is 1. The molecule has 0 amide bonds. The van der Waals surface area contributed by atoms with Crippen LogP contribution in [0.25, 0.3) is 0 Å². The largest absolute Gasteiger partial charge is 0.462 e. The molecule has 19 atom stereocenters. The molecule has 0 aromatic heterocycles. The van der Waals surface area contributed by atoms with Gasteiger partial charge < -0.3 is 54.0 Å². The Labute approximate surface area is 312 Å². The fourth-order valence-electron chi connectivity index (χ4n) is 8.81. The molecule has 13 nitrogen and oxygen atoms in total. The van der Waals surface area contributed by atoms with Crippen molar-refractivity contribution in [3.05, 3.63) is 0 Å². The summed E-state index contributed by atoms with van der Waals surface area (Å²) in [6.07, 6.45) is -8.55. The minimum atomic E-state index is -1.67. The van der Waals surface area contributed by atoms with Crippen LogP contribution in [0.2, 0.25) is 0 Å². The zero-order valence-corrected chi connectivity index (χ0v) is 34.3. The number of likely N-dealkylation sites (N-methyl/N-ethyl adjacent to an activating group) is 1. The number of nitrogens with zero attached hydrogens (tertiary/aromatic N) is 1. The third kappa shape index (κ3) is 10.1. The highest BCUT2D eigenvalue weighted by Gasteiger charge is 2.52. The van der Waals surface area contributed by atoms with Gasteiger partial charge in [0.05, 0.1) is 53.7 Å². The molecule has 0 bridgehead atoms. The third-order valence-corrected chi connectivity index (χ3v) is 12.7. The summed E-state index contributed by atoms with van der Waals surface area (Å²) in [6.45, 7) is 21.9. The summed E-state index contributed by atoms with van der Waals surface area (Å²) in [5.74, 6) is -3.85. The molecule has 3 rings (SSSR count). The standard InChI is InChI=1S/C39H73NO12/c1-15-28-22(6)31(42)23(7)30(41)20(4)17-38(11,46)35(52-37-32(43)27(16-21(5)48-37)40(13)19(2)3)24(8)33(25(9)36(45)50-28)51-29-18-39(12,47-14)34(44)26(10)49-29/h19-35,37,41-44,46H,15-18H2,1-14H3/t20-,21?,22+,23+,24+,25-,26?,27?,28-,29?,30+,31+,32?,33+,34?,35-,37?,38-,39?/m1/s1. The summed E-state index contributed by atoms with van der Waals surface area (Å²) >= 11 is 0. The SMILES string of the molecule is CC[C@H]1OC(=O)[C@H](C)[C@@H](OC2CC(C)(OC)C(O)C(C)O2)[C@H](C)[C@@H](OC2OC(C)CC(N(C)C(C)C)C2O)[C@](C)(O)C[C@@H](C)[C@H](O)[C@H](C)[C@@H](O)[C@H]1C. The van der Waals surface area contributed by atoms with Crippen molar-refractivity contribution in [1.82, 2.24) is 4.90 Å². The molecule has 0 saturated carbocycles. The topological polar surface area (TPSA) is 177 Å². The molecular weight excluding hydrogens is 674 g/mol. The van der Waals surface area contributed by atoms with E-state index in [1.165, 1.54) is 7.11 Å². The summed E-state index contributed by atoms with van der Waals surface area (Å²) in [6, 6.07) is -0.157. The van der Waals surface area contributed by atoms with E-state index in [0.29, 0.717) is 12.8 Å². The molecule has 3 aliphatic rings. The zero-order chi connectivity index (χ0) is 39.6. The average Bonchev–Trinajstić information content (AvgIpc) is 3.08. The Hall–Kier alpha value is -0.970. The molecule has 3 heterocycles. The summed E-state index contributed by atoms with van der Waals surface area (Å²) < 4.78 is 37.7. The van der Waals surface area contributed by atoms with Crippen molar-refractivity contribution in [1.29, 1.82) is 0 Å². The van der Waals surface area contributed by atoms with Gasteiger partial charge in [-0.2, -0.15) is 0 Å². The Bertz CT molecular complexity index is 1130. The van der Waals surface area contributed by atoms with Gasteiger partial charge in [-0.25, -0.2) is 0 Å². The Morgan fingerprint density at radius 3 is 2.06 bits per heavy atom. The van der Waals surface area contributed by atoms with Crippen LogP contribution in [0.3, 0.4) is 0 Å². The molecule has 8 unspecified atom stereocenters. The van der Waals surface area contributed by atoms with Crippen molar-refractivity contribution in [2.75, 3.05) is 14.2 Å². The van der Waals surface area contributed by atoms with E-state index < -0.39 is 108 Å². The lowest BCUT2D eigenvalue weighted by molar-refractivity contribution is -0.319. The Morgan fingerprint density at radius 1 is 0.885 bits per heavy atom. The number of rotatable bonds is 8.